The van der Waals surface area contributed by atoms with Gasteiger partial charge in [-0.1, -0.05) is 0 Å². The Morgan fingerprint density at radius 1 is 1.40 bits per heavy atom. The molecule has 0 aromatic carbocycles. The van der Waals surface area contributed by atoms with E-state index >= 15 is 0 Å². The van der Waals surface area contributed by atoms with Crippen LogP contribution in [-0.4, -0.2) is 38.4 Å². The fourth-order valence-electron chi connectivity index (χ4n) is 0.564. The lowest BCUT2D eigenvalue weighted by atomic mass is 10.5. The van der Waals surface area contributed by atoms with E-state index in [0.717, 1.165) is 13.2 Å². The summed E-state index contributed by atoms with van der Waals surface area (Å²) in [4.78, 5) is 0. The molecule has 0 fully saturated rings. The molecular formula is C7H18N2O. The molecule has 0 aliphatic carbocycles. The van der Waals surface area contributed by atoms with E-state index < -0.39 is 0 Å². The first-order valence-electron chi connectivity index (χ1n) is 3.65. The maximum atomic E-state index is 5.30. The number of hydrogen-bond acceptors (Lipinski definition) is 3. The molecular weight excluding hydrogens is 128 g/mol. The van der Waals surface area contributed by atoms with E-state index in [-0.39, 0.29) is 0 Å². The van der Waals surface area contributed by atoms with E-state index in [0.29, 0.717) is 6.10 Å². The van der Waals surface area contributed by atoms with Crippen LogP contribution in [0.4, 0.5) is 0 Å². The highest BCUT2D eigenvalue weighted by Gasteiger charge is 1.91. The van der Waals surface area contributed by atoms with Gasteiger partial charge in [-0.15, -0.1) is 0 Å². The molecule has 0 radical (unpaired) electrons. The van der Waals surface area contributed by atoms with E-state index in [9.17, 15) is 0 Å². The monoisotopic (exact) mass is 146 g/mol. The Hall–Kier alpha value is -0.120. The SMILES string of the molecule is CC(C)OCCNN(C)C. The van der Waals surface area contributed by atoms with Gasteiger partial charge < -0.3 is 4.74 Å². The summed E-state index contributed by atoms with van der Waals surface area (Å²) in [5.74, 6) is 0. The minimum atomic E-state index is 0.337. The second kappa shape index (κ2) is 5.65. The molecule has 1 N–H and O–H groups in total. The van der Waals surface area contributed by atoms with Gasteiger partial charge in [-0.3, -0.25) is 10.4 Å². The summed E-state index contributed by atoms with van der Waals surface area (Å²) >= 11 is 0. The predicted molar refractivity (Wildman–Crippen MR) is 42.8 cm³/mol. The van der Waals surface area contributed by atoms with Crippen molar-refractivity contribution >= 4 is 0 Å². The van der Waals surface area contributed by atoms with Crippen molar-refractivity contribution in [2.75, 3.05) is 27.2 Å². The number of ether oxygens (including phenoxy) is 1. The summed E-state index contributed by atoms with van der Waals surface area (Å²) in [5, 5.41) is 1.92. The summed E-state index contributed by atoms with van der Waals surface area (Å²) < 4.78 is 5.30. The summed E-state index contributed by atoms with van der Waals surface area (Å²) in [6.07, 6.45) is 0.337. The molecule has 0 bridgehead atoms. The fraction of sp³-hybridized carbons (Fsp3) is 1.00. The molecule has 3 nitrogen and oxygen atoms in total. The Morgan fingerprint density at radius 3 is 2.40 bits per heavy atom. The van der Waals surface area contributed by atoms with Gasteiger partial charge in [0.25, 0.3) is 0 Å². The molecule has 0 aromatic heterocycles. The van der Waals surface area contributed by atoms with E-state index in [1.807, 2.05) is 33.0 Å². The highest BCUT2D eigenvalue weighted by molar-refractivity contribution is 4.40. The van der Waals surface area contributed by atoms with Gasteiger partial charge in [0.05, 0.1) is 12.7 Å². The molecule has 62 valence electrons. The van der Waals surface area contributed by atoms with Crippen molar-refractivity contribution in [3.05, 3.63) is 0 Å². The average molecular weight is 146 g/mol. The van der Waals surface area contributed by atoms with Crippen LogP contribution in [0.3, 0.4) is 0 Å². The van der Waals surface area contributed by atoms with E-state index in [1.165, 1.54) is 0 Å². The summed E-state index contributed by atoms with van der Waals surface area (Å²) in [6, 6.07) is 0. The van der Waals surface area contributed by atoms with Gasteiger partial charge in [0.2, 0.25) is 0 Å². The van der Waals surface area contributed by atoms with Crippen LogP contribution in [0.15, 0.2) is 0 Å². The van der Waals surface area contributed by atoms with Crippen LogP contribution >= 0.6 is 0 Å². The van der Waals surface area contributed by atoms with Crippen LogP contribution < -0.4 is 5.43 Å². The van der Waals surface area contributed by atoms with Gasteiger partial charge in [0, 0.05) is 20.6 Å². The molecule has 0 aliphatic rings. The van der Waals surface area contributed by atoms with Gasteiger partial charge in [-0.05, 0) is 13.8 Å². The quantitative estimate of drug-likeness (QED) is 0.451. The zero-order valence-corrected chi connectivity index (χ0v) is 7.35. The first-order valence-corrected chi connectivity index (χ1v) is 3.65. The summed E-state index contributed by atoms with van der Waals surface area (Å²) in [7, 11) is 3.94. The van der Waals surface area contributed by atoms with Crippen LogP contribution in [0.25, 0.3) is 0 Å². The third kappa shape index (κ3) is 7.88. The number of nitrogens with zero attached hydrogens (tertiary/aromatic N) is 1. The standard InChI is InChI=1S/C7H18N2O/c1-7(2)10-6-5-8-9(3)4/h7-8H,5-6H2,1-4H3. The Bertz CT molecular complexity index is 64.0. The number of hydrogen-bond donors (Lipinski definition) is 1. The smallest absolute Gasteiger partial charge is 0.0608 e. The Labute approximate surface area is 63.3 Å². The van der Waals surface area contributed by atoms with Gasteiger partial charge in [0.15, 0.2) is 0 Å². The van der Waals surface area contributed by atoms with Gasteiger partial charge >= 0.3 is 0 Å². The molecule has 0 amide bonds. The van der Waals surface area contributed by atoms with Crippen LogP contribution in [0.5, 0.6) is 0 Å². The number of rotatable bonds is 5. The molecule has 0 saturated carbocycles. The highest BCUT2D eigenvalue weighted by Crippen LogP contribution is 1.84. The Balaban J connectivity index is 2.91. The molecule has 0 aliphatic heterocycles. The lowest BCUT2D eigenvalue weighted by molar-refractivity contribution is 0.0713. The molecule has 0 atom stereocenters. The largest absolute Gasteiger partial charge is 0.377 e. The molecule has 0 aromatic rings. The molecule has 0 unspecified atom stereocenters. The second-order valence-electron chi connectivity index (χ2n) is 2.72. The van der Waals surface area contributed by atoms with Crippen molar-refractivity contribution in [3.8, 4) is 0 Å². The topological polar surface area (TPSA) is 24.5 Å². The van der Waals surface area contributed by atoms with E-state index in [4.69, 9.17) is 4.74 Å². The van der Waals surface area contributed by atoms with Crippen molar-refractivity contribution in [1.29, 1.82) is 0 Å². The van der Waals surface area contributed by atoms with Crippen LogP contribution in [0.1, 0.15) is 13.8 Å². The van der Waals surface area contributed by atoms with Gasteiger partial charge in [-0.25, -0.2) is 0 Å². The molecule has 0 spiro atoms. The lowest BCUT2D eigenvalue weighted by Gasteiger charge is -2.12. The van der Waals surface area contributed by atoms with E-state index in [1.54, 1.807) is 0 Å². The van der Waals surface area contributed by atoms with Crippen molar-refractivity contribution in [2.24, 2.45) is 0 Å². The molecule has 0 saturated heterocycles. The molecule has 0 rings (SSSR count). The van der Waals surface area contributed by atoms with Crippen LogP contribution in [0.2, 0.25) is 0 Å². The highest BCUT2D eigenvalue weighted by atomic mass is 16.5. The van der Waals surface area contributed by atoms with Gasteiger partial charge in [-0.2, -0.15) is 0 Å². The zero-order chi connectivity index (χ0) is 7.98. The lowest BCUT2D eigenvalue weighted by Crippen LogP contribution is -2.33. The minimum absolute atomic E-state index is 0.337. The Kier molecular flexibility index (Phi) is 5.58. The van der Waals surface area contributed by atoms with Crippen molar-refractivity contribution in [2.45, 2.75) is 20.0 Å². The summed E-state index contributed by atoms with van der Waals surface area (Å²) in [5.41, 5.74) is 3.11. The summed E-state index contributed by atoms with van der Waals surface area (Å²) in [6.45, 7) is 5.73. The fourth-order valence-corrected chi connectivity index (χ4v) is 0.564. The number of hydrazine groups is 1. The van der Waals surface area contributed by atoms with Crippen molar-refractivity contribution in [1.82, 2.24) is 10.4 Å². The average Bonchev–Trinajstić information content (AvgIpc) is 1.79. The predicted octanol–water partition coefficient (Wildman–Crippen LogP) is 0.478. The van der Waals surface area contributed by atoms with Crippen LogP contribution in [0, 0.1) is 0 Å². The maximum absolute atomic E-state index is 5.30. The molecule has 0 heterocycles. The number of nitrogens with one attached hydrogen (secondary N) is 1. The minimum Gasteiger partial charge on any atom is -0.377 e. The van der Waals surface area contributed by atoms with Crippen LogP contribution in [-0.2, 0) is 4.74 Å². The first kappa shape index (κ1) is 9.88. The third-order valence-electron chi connectivity index (χ3n) is 0.981. The maximum Gasteiger partial charge on any atom is 0.0608 e. The van der Waals surface area contributed by atoms with Gasteiger partial charge in [0.1, 0.15) is 0 Å². The van der Waals surface area contributed by atoms with Crippen molar-refractivity contribution in [3.63, 3.8) is 0 Å². The normalized spacial score (nSPS) is 11.4. The molecule has 10 heavy (non-hydrogen) atoms. The zero-order valence-electron chi connectivity index (χ0n) is 7.35. The Morgan fingerprint density at radius 2 is 2.00 bits per heavy atom. The second-order valence-corrected chi connectivity index (χ2v) is 2.72. The van der Waals surface area contributed by atoms with E-state index in [2.05, 4.69) is 5.43 Å². The van der Waals surface area contributed by atoms with Crippen molar-refractivity contribution < 1.29 is 4.74 Å². The first-order chi connectivity index (χ1) is 4.63. The molecule has 3 heteroatoms. The third-order valence-corrected chi connectivity index (χ3v) is 0.981.